The van der Waals surface area contributed by atoms with Crippen molar-refractivity contribution in [1.29, 1.82) is 0 Å². The summed E-state index contributed by atoms with van der Waals surface area (Å²) in [5.74, 6) is 0.860. The van der Waals surface area contributed by atoms with E-state index in [2.05, 4.69) is 78.1 Å². The lowest BCUT2D eigenvalue weighted by Gasteiger charge is -2.12. The van der Waals surface area contributed by atoms with E-state index in [1.165, 1.54) is 81.8 Å². The van der Waals surface area contributed by atoms with Gasteiger partial charge in [0.1, 0.15) is 57.8 Å². The van der Waals surface area contributed by atoms with Gasteiger partial charge in [-0.3, -0.25) is 49.5 Å². The Bertz CT molecular complexity index is 6440. The van der Waals surface area contributed by atoms with Gasteiger partial charge in [0.15, 0.2) is 0 Å². The number of H-pyrrole nitrogens is 4. The van der Waals surface area contributed by atoms with Gasteiger partial charge in [0.25, 0.3) is 23.6 Å². The van der Waals surface area contributed by atoms with Gasteiger partial charge in [-0.2, -0.15) is 20.4 Å². The molecule has 0 spiro atoms. The number of halogens is 4. The number of rotatable bonds is 27. The van der Waals surface area contributed by atoms with Crippen molar-refractivity contribution in [2.75, 3.05) is 49.2 Å². The van der Waals surface area contributed by atoms with Crippen LogP contribution in [0.25, 0.3) is 92.2 Å². The number of carbonyl (C=O) groups is 4. The zero-order valence-electron chi connectivity index (χ0n) is 67.0. The molecule has 0 aliphatic carbocycles. The van der Waals surface area contributed by atoms with Gasteiger partial charge in [0.2, 0.25) is 0 Å². The number of aromatic amines is 4. The SMILES string of the molecule is COc1c(C(=O)NCCc2cccs2)ccc2n[nH]c(/C=C/c3ccc(F)cc3)c12.COc1c(C(=O)NCc2cccs2)ccc2n[nH]c(/C=C/c3ccc(F)cc3)c12.COc1c(C(=O)NCc2cnccn2)ccc2n[nH]c(/C=C/c3ccc(F)cc3)c12.COc1cc(CNC(=O)c2ccc3n[nH]c(/C=C/c4ccc(F)cc4)c3c2OC)cc(OC)c1. The third-order valence-electron chi connectivity index (χ3n) is 19.0. The Morgan fingerprint density at radius 3 is 1.02 bits per heavy atom. The van der Waals surface area contributed by atoms with Crippen LogP contribution >= 0.6 is 22.7 Å². The quantitative estimate of drug-likeness (QED) is 0.0222. The lowest BCUT2D eigenvalue weighted by atomic mass is 10.1. The highest BCUT2D eigenvalue weighted by Gasteiger charge is 2.24. The number of nitrogens with zero attached hydrogens (tertiary/aromatic N) is 6. The van der Waals surface area contributed by atoms with Gasteiger partial charge < -0.3 is 49.7 Å². The molecule has 30 heteroatoms. The number of ether oxygens (including phenoxy) is 6. The number of methoxy groups -OCH3 is 6. The summed E-state index contributed by atoms with van der Waals surface area (Å²) in [6.45, 7) is 1.52. The van der Waals surface area contributed by atoms with Gasteiger partial charge in [0.05, 0.1) is 156 Å². The lowest BCUT2D eigenvalue weighted by molar-refractivity contribution is 0.0939. The average molecular weight is 1690 g/mol. The molecule has 622 valence electrons. The number of fused-ring (bicyclic) bond motifs is 4. The van der Waals surface area contributed by atoms with Crippen molar-refractivity contribution in [3.05, 3.63) is 329 Å². The van der Waals surface area contributed by atoms with E-state index in [1.807, 2.05) is 89.7 Å². The zero-order valence-corrected chi connectivity index (χ0v) is 68.7. The van der Waals surface area contributed by atoms with Crippen molar-refractivity contribution in [3.63, 3.8) is 0 Å². The molecule has 8 N–H and O–H groups in total. The standard InChI is InChI=1S/C26H24FN3O4.C23H20FN3O2S.C22H18FN5O2.C22H18FN3O2S/c1-32-19-12-17(13-20(14-19)33-2)15-28-26(31)21-9-11-23-24(25(21)34-3)22(29-30-23)10-6-16-4-7-18(27)8-5-16;1-29-22-18(23(28)25-13-12-17-3-2-14-30-17)9-11-20-21(22)19(26-27-20)10-6-15-4-7-16(24)8-5-15;1-30-21-17(22(29)26-13-16-12-24-10-11-25-16)7-9-19-20(21)18(27-28-19)8-4-14-2-5-15(23)6-3-14;1-28-21-17(22(27)24-13-16-3-2-12-29-16)9-11-19-20(21)18(25-26-19)10-6-14-4-7-15(23)8-5-14/h4-14H,15H2,1-3H3,(H,28,31)(H,29,30);2-11,14H,12-13H2,1H3,(H,25,28)(H,26,27);2-12H,13H2,1H3,(H,26,29)(H,27,28);2-12H,13H2,1H3,(H,24,27)(H,25,26)/b2*10-6+;8-4+;10-6+. The number of amides is 4. The number of carbonyl (C=O) groups excluding carboxylic acids is 4. The lowest BCUT2D eigenvalue weighted by Crippen LogP contribution is -2.26. The highest BCUT2D eigenvalue weighted by atomic mass is 32.1. The minimum absolute atomic E-state index is 0.194. The Hall–Kier alpha value is -15.3. The van der Waals surface area contributed by atoms with Crippen LogP contribution in [-0.2, 0) is 26.1 Å². The fraction of sp³-hybridized carbons (Fsp3) is 0.118. The number of hydrogen-bond donors (Lipinski definition) is 8. The predicted molar refractivity (Wildman–Crippen MR) is 472 cm³/mol. The first-order chi connectivity index (χ1) is 60.0. The summed E-state index contributed by atoms with van der Waals surface area (Å²) in [5, 5.41) is 47.5. The third kappa shape index (κ3) is 21.8. The molecule has 0 aliphatic rings. The van der Waals surface area contributed by atoms with Crippen LogP contribution in [0.2, 0.25) is 0 Å². The van der Waals surface area contributed by atoms with E-state index in [0.717, 1.165) is 49.9 Å². The summed E-state index contributed by atoms with van der Waals surface area (Å²) < 4.78 is 85.4. The predicted octanol–water partition coefficient (Wildman–Crippen LogP) is 18.2. The van der Waals surface area contributed by atoms with E-state index < -0.39 is 0 Å². The number of benzene rings is 9. The molecule has 0 radical (unpaired) electrons. The molecule has 0 saturated heterocycles. The van der Waals surface area contributed by atoms with Crippen molar-refractivity contribution in [2.24, 2.45) is 0 Å². The Morgan fingerprint density at radius 1 is 0.366 bits per heavy atom. The maximum Gasteiger partial charge on any atom is 0.255 e. The molecule has 0 saturated carbocycles. The molecule has 7 aromatic heterocycles. The monoisotopic (exact) mass is 1690 g/mol. The van der Waals surface area contributed by atoms with Gasteiger partial charge in [-0.15, -0.1) is 22.7 Å². The molecular formula is C93H80F4N14O10S2. The molecule has 0 fully saturated rings. The van der Waals surface area contributed by atoms with Gasteiger partial charge in [-0.05, 0) is 191 Å². The summed E-state index contributed by atoms with van der Waals surface area (Å²) >= 11 is 3.26. The van der Waals surface area contributed by atoms with Gasteiger partial charge >= 0.3 is 0 Å². The topological polar surface area (TPSA) is 312 Å². The van der Waals surface area contributed by atoms with E-state index in [4.69, 9.17) is 28.4 Å². The van der Waals surface area contributed by atoms with Crippen molar-refractivity contribution in [3.8, 4) is 34.5 Å². The number of nitrogens with one attached hydrogen (secondary N) is 8. The number of hydrogen-bond acceptors (Lipinski definition) is 18. The molecule has 0 bridgehead atoms. The van der Waals surface area contributed by atoms with Gasteiger partial charge in [0, 0.05) is 41.3 Å². The van der Waals surface area contributed by atoms with Gasteiger partial charge in [-0.1, -0.05) is 85.0 Å². The highest BCUT2D eigenvalue weighted by molar-refractivity contribution is 7.10. The molecule has 24 nitrogen and oxygen atoms in total. The second-order valence-corrected chi connectivity index (χ2v) is 28.9. The van der Waals surface area contributed by atoms with E-state index >= 15 is 0 Å². The Labute approximate surface area is 710 Å². The molecular weight excluding hydrogens is 1610 g/mol. The molecule has 9 aromatic carbocycles. The van der Waals surface area contributed by atoms with E-state index in [9.17, 15) is 36.7 Å². The van der Waals surface area contributed by atoms with E-state index in [0.29, 0.717) is 131 Å². The Kier molecular flexibility index (Phi) is 28.8. The van der Waals surface area contributed by atoms with Crippen LogP contribution < -0.4 is 49.7 Å². The molecule has 4 amide bonds. The Balaban J connectivity index is 0.000000141. The minimum Gasteiger partial charge on any atom is -0.497 e. The van der Waals surface area contributed by atoms with Crippen LogP contribution in [0, 0.1) is 23.3 Å². The van der Waals surface area contributed by atoms with E-state index in [-0.39, 0.29) is 60.0 Å². The van der Waals surface area contributed by atoms with Crippen molar-refractivity contribution in [1.82, 2.24) is 72.0 Å². The highest BCUT2D eigenvalue weighted by Crippen LogP contribution is 2.37. The maximum atomic E-state index is 13.2. The smallest absolute Gasteiger partial charge is 0.255 e. The largest absolute Gasteiger partial charge is 0.497 e. The van der Waals surface area contributed by atoms with E-state index in [1.54, 1.807) is 159 Å². The summed E-state index contributed by atoms with van der Waals surface area (Å²) in [7, 11) is 9.24. The first kappa shape index (κ1) is 85.6. The summed E-state index contributed by atoms with van der Waals surface area (Å²) in [6, 6.07) is 51.9. The second-order valence-electron chi connectivity index (χ2n) is 26.9. The molecule has 0 atom stereocenters. The fourth-order valence-corrected chi connectivity index (χ4v) is 14.3. The van der Waals surface area contributed by atoms with Crippen LogP contribution in [0.5, 0.6) is 34.5 Å². The zero-order chi connectivity index (χ0) is 86.1. The summed E-state index contributed by atoms with van der Waals surface area (Å²) in [4.78, 5) is 61.8. The van der Waals surface area contributed by atoms with Crippen LogP contribution in [-0.4, -0.2) is 124 Å². The molecule has 0 aliphatic heterocycles. The van der Waals surface area contributed by atoms with Crippen LogP contribution in [0.3, 0.4) is 0 Å². The number of thiophene rings is 2. The van der Waals surface area contributed by atoms with Gasteiger partial charge in [-0.25, -0.2) is 17.6 Å². The maximum absolute atomic E-state index is 13.2. The molecule has 16 rings (SSSR count). The average Bonchev–Trinajstić information content (AvgIpc) is 1.69. The minimum atomic E-state index is -0.297. The summed E-state index contributed by atoms with van der Waals surface area (Å²) in [6.07, 6.45) is 20.2. The van der Waals surface area contributed by atoms with Crippen molar-refractivity contribution >= 4 is 139 Å². The van der Waals surface area contributed by atoms with Crippen LogP contribution in [0.4, 0.5) is 17.6 Å². The molecule has 0 unspecified atom stereocenters. The summed E-state index contributed by atoms with van der Waals surface area (Å²) in [5.41, 5.74) is 11.9. The van der Waals surface area contributed by atoms with Crippen LogP contribution in [0.1, 0.15) is 107 Å². The second kappa shape index (κ2) is 41.4. The first-order valence-electron chi connectivity index (χ1n) is 38.1. The van der Waals surface area contributed by atoms with Crippen molar-refractivity contribution in [2.45, 2.75) is 26.1 Å². The normalized spacial score (nSPS) is 11.2. The Morgan fingerprint density at radius 2 is 0.699 bits per heavy atom. The van der Waals surface area contributed by atoms with Crippen LogP contribution in [0.15, 0.2) is 217 Å². The van der Waals surface area contributed by atoms with Crippen molar-refractivity contribution < 1.29 is 65.2 Å². The molecule has 7 heterocycles. The molecule has 16 aromatic rings. The molecule has 123 heavy (non-hydrogen) atoms. The first-order valence-corrected chi connectivity index (χ1v) is 39.8. The fourth-order valence-electron chi connectivity index (χ4n) is 12.9. The third-order valence-corrected chi connectivity index (χ3v) is 20.8. The number of aromatic nitrogens is 10.